The van der Waals surface area contributed by atoms with Crippen molar-refractivity contribution in [3.05, 3.63) is 11.8 Å². The van der Waals surface area contributed by atoms with Crippen molar-refractivity contribution in [1.29, 1.82) is 0 Å². The molecule has 0 spiro atoms. The van der Waals surface area contributed by atoms with Gasteiger partial charge in [-0.25, -0.2) is 4.99 Å². The third-order valence-corrected chi connectivity index (χ3v) is 5.97. The monoisotopic (exact) mass is 427 g/mol. The van der Waals surface area contributed by atoms with E-state index in [0.717, 1.165) is 31.4 Å². The van der Waals surface area contributed by atoms with E-state index in [9.17, 15) is 19.2 Å². The minimum atomic E-state index is -0.829. The molecule has 2 fully saturated rings. The van der Waals surface area contributed by atoms with E-state index in [4.69, 9.17) is 5.73 Å². The van der Waals surface area contributed by atoms with Crippen LogP contribution in [0.4, 0.5) is 5.82 Å². The second kappa shape index (κ2) is 8.40. The van der Waals surface area contributed by atoms with Crippen LogP contribution in [0.2, 0.25) is 0 Å². The van der Waals surface area contributed by atoms with Gasteiger partial charge in [-0.2, -0.15) is 14.8 Å². The first-order valence-electron chi connectivity index (χ1n) is 10.5. The predicted molar refractivity (Wildman–Crippen MR) is 111 cm³/mol. The van der Waals surface area contributed by atoms with E-state index in [1.54, 1.807) is 13.0 Å². The highest BCUT2D eigenvalue weighted by molar-refractivity contribution is 6.39. The second-order valence-electron chi connectivity index (χ2n) is 8.16. The quantitative estimate of drug-likeness (QED) is 0.647. The van der Waals surface area contributed by atoms with E-state index in [1.165, 1.54) is 9.58 Å². The first-order chi connectivity index (χ1) is 14.8. The van der Waals surface area contributed by atoms with Gasteiger partial charge in [-0.15, -0.1) is 0 Å². The lowest BCUT2D eigenvalue weighted by molar-refractivity contribution is -0.144. The van der Waals surface area contributed by atoms with Crippen LogP contribution in [0.25, 0.3) is 0 Å². The summed E-state index contributed by atoms with van der Waals surface area (Å²) >= 11 is 0. The molecular weight excluding hydrogens is 402 g/mol. The van der Waals surface area contributed by atoms with Gasteiger partial charge in [0.15, 0.2) is 0 Å². The highest BCUT2D eigenvalue weighted by Crippen LogP contribution is 2.26. The fraction of sp³-hybridized carbons (Fsp3) is 0.550. The number of aryl methyl sites for hydroxylation is 1. The molecule has 3 heterocycles. The molecule has 1 unspecified atom stereocenters. The van der Waals surface area contributed by atoms with Gasteiger partial charge in [-0.3, -0.25) is 19.2 Å². The number of likely N-dealkylation sites (tertiary alicyclic amines) is 1. The number of amides is 4. The number of primary amides is 1. The van der Waals surface area contributed by atoms with Gasteiger partial charge < -0.3 is 16.0 Å². The lowest BCUT2D eigenvalue weighted by Crippen LogP contribution is -2.46. The van der Waals surface area contributed by atoms with E-state index in [0.29, 0.717) is 18.5 Å². The largest absolute Gasteiger partial charge is 0.369 e. The lowest BCUT2D eigenvalue weighted by Gasteiger charge is -2.30. The number of hydrogen-bond acceptors (Lipinski definition) is 6. The number of rotatable bonds is 2. The average molecular weight is 427 g/mol. The Morgan fingerprint density at radius 3 is 2.58 bits per heavy atom. The predicted octanol–water partition coefficient (Wildman–Crippen LogP) is 0.229. The van der Waals surface area contributed by atoms with Crippen LogP contribution in [0.1, 0.15) is 44.2 Å². The Morgan fingerprint density at radius 1 is 1.13 bits per heavy atom. The normalized spacial score (nSPS) is 21.8. The van der Waals surface area contributed by atoms with E-state index in [2.05, 4.69) is 20.4 Å². The molecule has 3 N–H and O–H groups in total. The number of carbonyl (C=O) groups excluding carboxylic acids is 4. The molecule has 1 aromatic heterocycles. The highest BCUT2D eigenvalue weighted by atomic mass is 16.2. The van der Waals surface area contributed by atoms with Gasteiger partial charge in [0.1, 0.15) is 5.82 Å². The smallest absolute Gasteiger partial charge is 0.315 e. The lowest BCUT2D eigenvalue weighted by atomic mass is 9.86. The van der Waals surface area contributed by atoms with Crippen LogP contribution >= 0.6 is 0 Å². The first kappa shape index (κ1) is 20.9. The summed E-state index contributed by atoms with van der Waals surface area (Å²) in [6.07, 6.45) is 4.29. The number of nitrogens with two attached hydrogens (primary N) is 1. The number of anilines is 1. The molecule has 164 valence electrons. The summed E-state index contributed by atoms with van der Waals surface area (Å²) in [5, 5.41) is 6.86. The van der Waals surface area contributed by atoms with Crippen molar-refractivity contribution < 1.29 is 19.2 Å². The summed E-state index contributed by atoms with van der Waals surface area (Å²) < 4.78 is 1.29. The molecule has 4 amide bonds. The Bertz CT molecular complexity index is 1000. The molecular formula is C20H25N7O4. The molecule has 1 aromatic rings. The molecule has 3 aliphatic rings. The van der Waals surface area contributed by atoms with Crippen LogP contribution < -0.4 is 11.1 Å². The van der Waals surface area contributed by atoms with Crippen molar-refractivity contribution in [3.63, 3.8) is 0 Å². The first-order valence-corrected chi connectivity index (χ1v) is 10.5. The van der Waals surface area contributed by atoms with Crippen LogP contribution in [0.3, 0.4) is 0 Å². The number of hydrogen-bond donors (Lipinski definition) is 2. The average Bonchev–Trinajstić information content (AvgIpc) is 3.13. The van der Waals surface area contributed by atoms with Crippen molar-refractivity contribution in [1.82, 2.24) is 14.7 Å². The molecule has 1 saturated heterocycles. The Kier molecular flexibility index (Phi) is 5.66. The Morgan fingerprint density at radius 2 is 1.87 bits per heavy atom. The zero-order valence-electron chi connectivity index (χ0n) is 17.3. The van der Waals surface area contributed by atoms with Gasteiger partial charge in [0.25, 0.3) is 11.9 Å². The topological polar surface area (TPSA) is 152 Å². The van der Waals surface area contributed by atoms with Gasteiger partial charge in [0.05, 0.1) is 11.6 Å². The number of carbonyl (C=O) groups is 4. The highest BCUT2D eigenvalue weighted by Gasteiger charge is 2.33. The van der Waals surface area contributed by atoms with Crippen LogP contribution in [0.15, 0.2) is 16.1 Å². The van der Waals surface area contributed by atoms with E-state index >= 15 is 0 Å². The van der Waals surface area contributed by atoms with Gasteiger partial charge in [0, 0.05) is 30.8 Å². The minimum Gasteiger partial charge on any atom is -0.369 e. The number of nitrogens with one attached hydrogen (secondary N) is 1. The molecule has 11 heteroatoms. The summed E-state index contributed by atoms with van der Waals surface area (Å²) in [5.41, 5.74) is 6.68. The maximum Gasteiger partial charge on any atom is 0.315 e. The van der Waals surface area contributed by atoms with Crippen molar-refractivity contribution >= 4 is 41.1 Å². The summed E-state index contributed by atoms with van der Waals surface area (Å²) in [6.45, 7) is 2.30. The van der Waals surface area contributed by atoms with E-state index in [1.807, 2.05) is 0 Å². The third-order valence-electron chi connectivity index (χ3n) is 5.97. The third kappa shape index (κ3) is 4.25. The van der Waals surface area contributed by atoms with Gasteiger partial charge in [-0.1, -0.05) is 6.42 Å². The molecule has 2 aliphatic heterocycles. The zero-order chi connectivity index (χ0) is 22.1. The maximum absolute atomic E-state index is 12.6. The Labute approximate surface area is 178 Å². The summed E-state index contributed by atoms with van der Waals surface area (Å²) in [7, 11) is 0. The van der Waals surface area contributed by atoms with Crippen molar-refractivity contribution in [2.75, 3.05) is 18.4 Å². The molecule has 4 rings (SSSR count). The SMILES string of the molecule is Cc1cc(NC(=O)C(=O)N2CCC(C(N)=O)CC2)n(C2=NC(=O)C3CCCCC3=N2)n1. The Hall–Kier alpha value is -3.37. The van der Waals surface area contributed by atoms with Gasteiger partial charge in [0.2, 0.25) is 5.91 Å². The van der Waals surface area contributed by atoms with E-state index < -0.39 is 11.8 Å². The molecule has 0 aromatic carbocycles. The van der Waals surface area contributed by atoms with Crippen LogP contribution in [-0.2, 0) is 19.2 Å². The zero-order valence-corrected chi connectivity index (χ0v) is 17.3. The summed E-state index contributed by atoms with van der Waals surface area (Å²) in [6, 6.07) is 1.59. The number of piperidine rings is 1. The second-order valence-corrected chi connectivity index (χ2v) is 8.16. The number of aromatic nitrogens is 2. The van der Waals surface area contributed by atoms with Gasteiger partial charge in [-0.05, 0) is 39.0 Å². The van der Waals surface area contributed by atoms with Crippen molar-refractivity contribution in [2.45, 2.75) is 45.4 Å². The van der Waals surface area contributed by atoms with Crippen LogP contribution in [-0.4, -0.2) is 63.1 Å². The fourth-order valence-electron chi connectivity index (χ4n) is 4.24. The van der Waals surface area contributed by atoms with E-state index in [-0.39, 0.29) is 48.5 Å². The fourth-order valence-corrected chi connectivity index (χ4v) is 4.24. The molecule has 11 nitrogen and oxygen atoms in total. The molecule has 0 bridgehead atoms. The van der Waals surface area contributed by atoms with Crippen LogP contribution in [0.5, 0.6) is 0 Å². The standard InChI is InChI=1S/C20H25N7O4/c1-11-10-15(23-18(30)19(31)26-8-6-12(7-9-26)16(21)28)27(25-11)20-22-14-5-3-2-4-13(14)17(29)24-20/h10,12-13H,2-9H2,1H3,(H2,21,28)(H,23,30). The van der Waals surface area contributed by atoms with Gasteiger partial charge >= 0.3 is 11.8 Å². The number of nitrogens with zero attached hydrogens (tertiary/aromatic N) is 5. The Balaban J connectivity index is 1.49. The molecule has 0 radical (unpaired) electrons. The summed E-state index contributed by atoms with van der Waals surface area (Å²) in [4.78, 5) is 58.9. The molecule has 1 aliphatic carbocycles. The summed E-state index contributed by atoms with van der Waals surface area (Å²) in [5.74, 6) is -2.40. The molecule has 31 heavy (non-hydrogen) atoms. The molecule has 1 saturated carbocycles. The number of fused-ring (bicyclic) bond motifs is 1. The maximum atomic E-state index is 12.6. The van der Waals surface area contributed by atoms with Crippen molar-refractivity contribution in [2.24, 2.45) is 27.6 Å². The minimum absolute atomic E-state index is 0.0938. The molecule has 1 atom stereocenters. The van der Waals surface area contributed by atoms with Crippen molar-refractivity contribution in [3.8, 4) is 0 Å². The number of aliphatic imine (C=N–C) groups is 2. The van der Waals surface area contributed by atoms with Crippen LogP contribution in [0, 0.1) is 18.8 Å².